The molecule has 2 rings (SSSR count). The minimum absolute atomic E-state index is 0.0173. The third-order valence-corrected chi connectivity index (χ3v) is 3.32. The molecule has 0 unspecified atom stereocenters. The van der Waals surface area contributed by atoms with Crippen molar-refractivity contribution in [3.63, 3.8) is 0 Å². The maximum Gasteiger partial charge on any atom is 0.271 e. The maximum absolute atomic E-state index is 12.3. The number of carbonyl (C=O) groups excluding carboxylic acids is 1. The van der Waals surface area contributed by atoms with E-state index in [9.17, 15) is 4.79 Å². The van der Waals surface area contributed by atoms with Crippen molar-refractivity contribution in [1.82, 2.24) is 15.1 Å². The second-order valence-electron chi connectivity index (χ2n) is 4.82. The van der Waals surface area contributed by atoms with Gasteiger partial charge in [-0.15, -0.1) is 0 Å². The van der Waals surface area contributed by atoms with Gasteiger partial charge in [0.2, 0.25) is 0 Å². The van der Waals surface area contributed by atoms with Gasteiger partial charge in [-0.1, -0.05) is 24.3 Å². The number of hydrogen-bond acceptors (Lipinski definition) is 4. The van der Waals surface area contributed by atoms with Crippen LogP contribution in [-0.4, -0.2) is 20.8 Å². The van der Waals surface area contributed by atoms with Crippen molar-refractivity contribution >= 4 is 11.6 Å². The van der Waals surface area contributed by atoms with Crippen LogP contribution in [-0.2, 0) is 19.7 Å². The van der Waals surface area contributed by atoms with E-state index in [-0.39, 0.29) is 12.5 Å². The fourth-order valence-corrected chi connectivity index (χ4v) is 2.17. The largest absolute Gasteiger partial charge is 0.395 e. The number of anilines is 1. The van der Waals surface area contributed by atoms with Crippen molar-refractivity contribution < 1.29 is 9.90 Å². The Labute approximate surface area is 123 Å². The summed E-state index contributed by atoms with van der Waals surface area (Å²) in [6, 6.07) is 7.43. The molecule has 6 heteroatoms. The molecule has 0 atom stereocenters. The molecule has 0 fully saturated rings. The molecule has 112 valence electrons. The molecule has 1 heterocycles. The Morgan fingerprint density at radius 1 is 1.43 bits per heavy atom. The molecule has 0 aliphatic rings. The molecule has 0 radical (unpaired) electrons. The van der Waals surface area contributed by atoms with Gasteiger partial charge < -0.3 is 16.2 Å². The number of nitrogens with two attached hydrogens (primary N) is 1. The SMILES string of the molecule is CCn1nc(C)c(N)c1C(=O)NCc1cccc(CO)c1. The highest BCUT2D eigenvalue weighted by atomic mass is 16.3. The minimum atomic E-state index is -0.246. The summed E-state index contributed by atoms with van der Waals surface area (Å²) in [5, 5.41) is 16.2. The zero-order valence-electron chi connectivity index (χ0n) is 12.3. The van der Waals surface area contributed by atoms with E-state index in [1.165, 1.54) is 0 Å². The fraction of sp³-hybridized carbons (Fsp3) is 0.333. The first kappa shape index (κ1) is 15.1. The van der Waals surface area contributed by atoms with Crippen LogP contribution in [0.5, 0.6) is 0 Å². The number of aryl methyl sites for hydroxylation is 2. The number of nitrogen functional groups attached to an aromatic ring is 1. The Morgan fingerprint density at radius 2 is 2.14 bits per heavy atom. The molecule has 0 spiro atoms. The van der Waals surface area contributed by atoms with E-state index in [2.05, 4.69) is 10.4 Å². The molecule has 1 aromatic heterocycles. The molecule has 6 nitrogen and oxygen atoms in total. The molecule has 4 N–H and O–H groups in total. The summed E-state index contributed by atoms with van der Waals surface area (Å²) in [4.78, 5) is 12.3. The Balaban J connectivity index is 2.11. The predicted molar refractivity (Wildman–Crippen MR) is 80.6 cm³/mol. The van der Waals surface area contributed by atoms with Crippen LogP contribution in [0.3, 0.4) is 0 Å². The smallest absolute Gasteiger partial charge is 0.271 e. The van der Waals surface area contributed by atoms with Crippen molar-refractivity contribution in [2.75, 3.05) is 5.73 Å². The molecule has 0 saturated carbocycles. The van der Waals surface area contributed by atoms with Gasteiger partial charge in [-0.2, -0.15) is 5.10 Å². The highest BCUT2D eigenvalue weighted by molar-refractivity contribution is 5.97. The standard InChI is InChI=1S/C15H20N4O2/c1-3-19-14(13(16)10(2)18-19)15(21)17-8-11-5-4-6-12(7-11)9-20/h4-7,20H,3,8-9,16H2,1-2H3,(H,17,21). The van der Waals surface area contributed by atoms with Gasteiger partial charge >= 0.3 is 0 Å². The number of amides is 1. The summed E-state index contributed by atoms with van der Waals surface area (Å²) in [5.74, 6) is -0.246. The molecule has 0 aliphatic carbocycles. The number of aliphatic hydroxyl groups is 1. The maximum atomic E-state index is 12.3. The lowest BCUT2D eigenvalue weighted by Crippen LogP contribution is -2.26. The van der Waals surface area contributed by atoms with E-state index < -0.39 is 0 Å². The zero-order valence-corrected chi connectivity index (χ0v) is 12.3. The van der Waals surface area contributed by atoms with Crippen LogP contribution < -0.4 is 11.1 Å². The summed E-state index contributed by atoms with van der Waals surface area (Å²) in [7, 11) is 0. The second-order valence-corrected chi connectivity index (χ2v) is 4.82. The number of nitrogens with one attached hydrogen (secondary N) is 1. The Bertz CT molecular complexity index is 649. The lowest BCUT2D eigenvalue weighted by Gasteiger charge is -2.08. The van der Waals surface area contributed by atoms with Crippen LogP contribution in [0.15, 0.2) is 24.3 Å². The monoisotopic (exact) mass is 288 g/mol. The summed E-state index contributed by atoms with van der Waals surface area (Å²) in [6.07, 6.45) is 0. The number of nitrogens with zero attached hydrogens (tertiary/aromatic N) is 2. The van der Waals surface area contributed by atoms with Crippen LogP contribution in [0.25, 0.3) is 0 Å². The van der Waals surface area contributed by atoms with Gasteiger partial charge in [-0.05, 0) is 25.0 Å². The first-order valence-corrected chi connectivity index (χ1v) is 6.86. The van der Waals surface area contributed by atoms with Crippen molar-refractivity contribution in [3.8, 4) is 0 Å². The number of rotatable bonds is 5. The Kier molecular flexibility index (Phi) is 4.59. The van der Waals surface area contributed by atoms with E-state index in [1.54, 1.807) is 11.6 Å². The molecule has 0 aliphatic heterocycles. The first-order valence-electron chi connectivity index (χ1n) is 6.86. The van der Waals surface area contributed by atoms with Crippen LogP contribution >= 0.6 is 0 Å². The summed E-state index contributed by atoms with van der Waals surface area (Å²) < 4.78 is 1.60. The van der Waals surface area contributed by atoms with Crippen LogP contribution in [0, 0.1) is 6.92 Å². The predicted octanol–water partition coefficient (Wildman–Crippen LogP) is 1.22. The van der Waals surface area contributed by atoms with Crippen LogP contribution in [0.1, 0.15) is 34.2 Å². The van der Waals surface area contributed by atoms with Crippen molar-refractivity contribution in [1.29, 1.82) is 0 Å². The summed E-state index contributed by atoms with van der Waals surface area (Å²) in [6.45, 7) is 4.63. The Hall–Kier alpha value is -2.34. The van der Waals surface area contributed by atoms with E-state index in [0.29, 0.717) is 30.2 Å². The zero-order chi connectivity index (χ0) is 15.4. The molecule has 0 bridgehead atoms. The summed E-state index contributed by atoms with van der Waals surface area (Å²) >= 11 is 0. The van der Waals surface area contributed by atoms with Crippen molar-refractivity contribution in [3.05, 3.63) is 46.8 Å². The van der Waals surface area contributed by atoms with Crippen LogP contribution in [0.2, 0.25) is 0 Å². The lowest BCUT2D eigenvalue weighted by atomic mass is 10.1. The van der Waals surface area contributed by atoms with Gasteiger partial charge in [0.25, 0.3) is 5.91 Å². The normalized spacial score (nSPS) is 10.6. The molecule has 21 heavy (non-hydrogen) atoms. The third-order valence-electron chi connectivity index (χ3n) is 3.32. The van der Waals surface area contributed by atoms with Gasteiger partial charge in [-0.25, -0.2) is 0 Å². The van der Waals surface area contributed by atoms with Gasteiger partial charge in [-0.3, -0.25) is 9.48 Å². The molecule has 2 aromatic rings. The average molecular weight is 288 g/mol. The summed E-state index contributed by atoms with van der Waals surface area (Å²) in [5.41, 5.74) is 9.13. The van der Waals surface area contributed by atoms with Gasteiger partial charge in [0.1, 0.15) is 5.69 Å². The van der Waals surface area contributed by atoms with E-state index in [0.717, 1.165) is 11.1 Å². The van der Waals surface area contributed by atoms with E-state index in [1.807, 2.05) is 31.2 Å². The first-order chi connectivity index (χ1) is 10.1. The topological polar surface area (TPSA) is 93.2 Å². The van der Waals surface area contributed by atoms with E-state index >= 15 is 0 Å². The lowest BCUT2D eigenvalue weighted by molar-refractivity contribution is 0.0941. The molecule has 1 amide bonds. The number of benzene rings is 1. The quantitative estimate of drug-likeness (QED) is 0.771. The van der Waals surface area contributed by atoms with Crippen molar-refractivity contribution in [2.24, 2.45) is 0 Å². The molecule has 0 saturated heterocycles. The average Bonchev–Trinajstić information content (AvgIpc) is 2.80. The number of hydrogen-bond donors (Lipinski definition) is 3. The fourth-order valence-electron chi connectivity index (χ4n) is 2.17. The van der Waals surface area contributed by atoms with Gasteiger partial charge in [0.15, 0.2) is 0 Å². The molecular formula is C15H20N4O2. The number of aliphatic hydroxyl groups excluding tert-OH is 1. The number of carbonyl (C=O) groups is 1. The van der Waals surface area contributed by atoms with Crippen molar-refractivity contribution in [2.45, 2.75) is 33.5 Å². The van der Waals surface area contributed by atoms with E-state index in [4.69, 9.17) is 10.8 Å². The van der Waals surface area contributed by atoms with Gasteiger partial charge in [0.05, 0.1) is 18.0 Å². The minimum Gasteiger partial charge on any atom is -0.395 e. The highest BCUT2D eigenvalue weighted by Gasteiger charge is 2.18. The Morgan fingerprint density at radius 3 is 2.81 bits per heavy atom. The number of aromatic nitrogens is 2. The van der Waals surface area contributed by atoms with Gasteiger partial charge in [0, 0.05) is 13.1 Å². The van der Waals surface area contributed by atoms with Crippen LogP contribution in [0.4, 0.5) is 5.69 Å². The molecule has 1 aromatic carbocycles. The third kappa shape index (κ3) is 3.22. The highest BCUT2D eigenvalue weighted by Crippen LogP contribution is 2.16. The molecular weight excluding hydrogens is 268 g/mol. The second kappa shape index (κ2) is 6.41.